The van der Waals surface area contributed by atoms with Gasteiger partial charge in [0, 0.05) is 23.7 Å². The van der Waals surface area contributed by atoms with Gasteiger partial charge in [-0.1, -0.05) is 20.8 Å². The molecule has 0 aliphatic carbocycles. The summed E-state index contributed by atoms with van der Waals surface area (Å²) >= 11 is 0. The molecule has 0 saturated heterocycles. The van der Waals surface area contributed by atoms with Gasteiger partial charge in [-0.2, -0.15) is 5.10 Å². The molecule has 0 saturated carbocycles. The maximum atomic E-state index is 13.8. The van der Waals surface area contributed by atoms with E-state index < -0.39 is 27.1 Å². The van der Waals surface area contributed by atoms with Crippen molar-refractivity contribution in [2.75, 3.05) is 4.72 Å². The molecule has 5 nitrogen and oxygen atoms in total. The molecule has 1 heterocycles. The number of sulfonamides is 1. The molecule has 132 valence electrons. The van der Waals surface area contributed by atoms with Gasteiger partial charge in [0.15, 0.2) is 0 Å². The summed E-state index contributed by atoms with van der Waals surface area (Å²) in [5.74, 6) is -1.76. The van der Waals surface area contributed by atoms with Crippen LogP contribution in [0.2, 0.25) is 0 Å². The molecular weight excluding hydrogens is 336 g/mol. The van der Waals surface area contributed by atoms with Crippen LogP contribution in [0.25, 0.3) is 0 Å². The highest BCUT2D eigenvalue weighted by atomic mass is 32.2. The van der Waals surface area contributed by atoms with Crippen LogP contribution in [0, 0.1) is 11.6 Å². The fourth-order valence-electron chi connectivity index (χ4n) is 2.13. The van der Waals surface area contributed by atoms with E-state index in [1.807, 2.05) is 34.6 Å². The SMILES string of the molecule is CC(C)n1cc(S(=O)(=O)Nc2ccc(F)cc2F)c(C(C)(C)C)n1. The number of hydrogen-bond acceptors (Lipinski definition) is 3. The van der Waals surface area contributed by atoms with Crippen LogP contribution in [0.5, 0.6) is 0 Å². The van der Waals surface area contributed by atoms with Crippen LogP contribution in [-0.4, -0.2) is 18.2 Å². The number of rotatable bonds is 4. The van der Waals surface area contributed by atoms with E-state index in [9.17, 15) is 17.2 Å². The van der Waals surface area contributed by atoms with Crippen molar-refractivity contribution in [3.05, 3.63) is 41.7 Å². The minimum Gasteiger partial charge on any atom is -0.277 e. The molecule has 1 aromatic carbocycles. The van der Waals surface area contributed by atoms with Gasteiger partial charge in [-0.3, -0.25) is 9.40 Å². The zero-order chi connectivity index (χ0) is 18.3. The molecule has 0 aliphatic heterocycles. The molecule has 2 aromatic rings. The second-order valence-electron chi connectivity index (χ2n) is 6.90. The Hall–Kier alpha value is -1.96. The summed E-state index contributed by atoms with van der Waals surface area (Å²) in [6.45, 7) is 9.29. The van der Waals surface area contributed by atoms with Gasteiger partial charge in [0.2, 0.25) is 0 Å². The smallest absolute Gasteiger partial charge is 0.265 e. The Balaban J connectivity index is 2.52. The Kier molecular flexibility index (Phi) is 4.72. The van der Waals surface area contributed by atoms with Gasteiger partial charge in [0.1, 0.15) is 16.5 Å². The minimum atomic E-state index is -4.07. The Morgan fingerprint density at radius 1 is 1.21 bits per heavy atom. The van der Waals surface area contributed by atoms with E-state index in [0.29, 0.717) is 11.8 Å². The monoisotopic (exact) mass is 357 g/mol. The van der Waals surface area contributed by atoms with Crippen LogP contribution in [-0.2, 0) is 15.4 Å². The summed E-state index contributed by atoms with van der Waals surface area (Å²) < 4.78 is 55.9. The molecule has 1 aromatic heterocycles. The third kappa shape index (κ3) is 3.75. The third-order valence-corrected chi connectivity index (χ3v) is 4.77. The van der Waals surface area contributed by atoms with Gasteiger partial charge in [0.05, 0.1) is 11.4 Å². The molecule has 0 atom stereocenters. The number of benzene rings is 1. The van der Waals surface area contributed by atoms with Gasteiger partial charge < -0.3 is 0 Å². The topological polar surface area (TPSA) is 64.0 Å². The van der Waals surface area contributed by atoms with Crippen molar-refractivity contribution in [3.8, 4) is 0 Å². The van der Waals surface area contributed by atoms with E-state index in [1.54, 1.807) is 4.68 Å². The highest BCUT2D eigenvalue weighted by Gasteiger charge is 2.31. The Labute approximate surface area is 140 Å². The first-order chi connectivity index (χ1) is 10.9. The first-order valence-corrected chi connectivity index (χ1v) is 8.97. The lowest BCUT2D eigenvalue weighted by molar-refractivity contribution is 0.493. The van der Waals surface area contributed by atoms with Crippen LogP contribution in [0.1, 0.15) is 46.4 Å². The van der Waals surface area contributed by atoms with E-state index in [2.05, 4.69) is 9.82 Å². The van der Waals surface area contributed by atoms with E-state index in [-0.39, 0.29) is 16.6 Å². The van der Waals surface area contributed by atoms with Crippen LogP contribution in [0.15, 0.2) is 29.3 Å². The van der Waals surface area contributed by atoms with E-state index in [4.69, 9.17) is 0 Å². The normalized spacial score (nSPS) is 12.7. The minimum absolute atomic E-state index is 0.0209. The molecule has 0 aliphatic rings. The van der Waals surface area contributed by atoms with Gasteiger partial charge in [-0.15, -0.1) is 0 Å². The maximum absolute atomic E-state index is 13.8. The van der Waals surface area contributed by atoms with E-state index in [0.717, 1.165) is 12.1 Å². The lowest BCUT2D eigenvalue weighted by atomic mass is 9.92. The van der Waals surface area contributed by atoms with Gasteiger partial charge >= 0.3 is 0 Å². The number of nitrogens with one attached hydrogen (secondary N) is 1. The lowest BCUT2D eigenvalue weighted by Gasteiger charge is -2.18. The Morgan fingerprint density at radius 3 is 2.33 bits per heavy atom. The Morgan fingerprint density at radius 2 is 1.83 bits per heavy atom. The van der Waals surface area contributed by atoms with Crippen molar-refractivity contribution in [1.29, 1.82) is 0 Å². The fraction of sp³-hybridized carbons (Fsp3) is 0.438. The fourth-order valence-corrected chi connectivity index (χ4v) is 3.54. The van der Waals surface area contributed by atoms with E-state index >= 15 is 0 Å². The second-order valence-corrected chi connectivity index (χ2v) is 8.55. The average Bonchev–Trinajstić information content (AvgIpc) is 2.88. The summed E-state index contributed by atoms with van der Waals surface area (Å²) in [6, 6.07) is 2.63. The molecule has 24 heavy (non-hydrogen) atoms. The zero-order valence-electron chi connectivity index (χ0n) is 14.3. The van der Waals surface area contributed by atoms with Gasteiger partial charge in [-0.05, 0) is 26.0 Å². The number of halogens is 2. The van der Waals surface area contributed by atoms with Crippen molar-refractivity contribution in [1.82, 2.24) is 9.78 Å². The lowest BCUT2D eigenvalue weighted by Crippen LogP contribution is -2.20. The molecule has 2 rings (SSSR count). The Bertz CT molecular complexity index is 853. The maximum Gasteiger partial charge on any atom is 0.265 e. The molecule has 0 spiro atoms. The number of hydrogen-bond donors (Lipinski definition) is 1. The number of anilines is 1. The first-order valence-electron chi connectivity index (χ1n) is 7.49. The summed E-state index contributed by atoms with van der Waals surface area (Å²) in [5, 5.41) is 4.37. The predicted octanol–water partition coefficient (Wildman–Crippen LogP) is 3.84. The van der Waals surface area contributed by atoms with Gasteiger partial charge in [-0.25, -0.2) is 17.2 Å². The summed E-state index contributed by atoms with van der Waals surface area (Å²) in [6.07, 6.45) is 1.43. The molecule has 0 bridgehead atoms. The summed E-state index contributed by atoms with van der Waals surface area (Å²) in [5.41, 5.74) is -0.453. The second kappa shape index (κ2) is 6.16. The van der Waals surface area contributed by atoms with Crippen LogP contribution >= 0.6 is 0 Å². The molecule has 0 amide bonds. The van der Waals surface area contributed by atoms with Crippen molar-refractivity contribution in [3.63, 3.8) is 0 Å². The molecule has 0 unspecified atom stereocenters. The summed E-state index contributed by atoms with van der Waals surface area (Å²) in [4.78, 5) is -0.0209. The van der Waals surface area contributed by atoms with Gasteiger partial charge in [0.25, 0.3) is 10.0 Å². The van der Waals surface area contributed by atoms with Crippen molar-refractivity contribution in [2.45, 2.75) is 51.0 Å². The highest BCUT2D eigenvalue weighted by molar-refractivity contribution is 7.92. The summed E-state index contributed by atoms with van der Waals surface area (Å²) in [7, 11) is -4.07. The molecule has 8 heteroatoms. The molecule has 0 fully saturated rings. The highest BCUT2D eigenvalue weighted by Crippen LogP contribution is 2.30. The third-order valence-electron chi connectivity index (χ3n) is 3.40. The van der Waals surface area contributed by atoms with Crippen LogP contribution in [0.3, 0.4) is 0 Å². The van der Waals surface area contributed by atoms with Crippen molar-refractivity contribution < 1.29 is 17.2 Å². The largest absolute Gasteiger partial charge is 0.277 e. The predicted molar refractivity (Wildman–Crippen MR) is 88.5 cm³/mol. The van der Waals surface area contributed by atoms with Crippen LogP contribution in [0.4, 0.5) is 14.5 Å². The molecule has 0 radical (unpaired) electrons. The standard InChI is InChI=1S/C16H21F2N3O2S/c1-10(2)21-9-14(15(19-21)16(3,4)5)24(22,23)20-13-7-6-11(17)8-12(13)18/h6-10,20H,1-5H3. The quantitative estimate of drug-likeness (QED) is 0.904. The molecular formula is C16H21F2N3O2S. The van der Waals surface area contributed by atoms with Crippen LogP contribution < -0.4 is 4.72 Å². The zero-order valence-corrected chi connectivity index (χ0v) is 15.1. The molecule has 1 N–H and O–H groups in total. The first kappa shape index (κ1) is 18.4. The van der Waals surface area contributed by atoms with Crippen molar-refractivity contribution >= 4 is 15.7 Å². The number of aromatic nitrogens is 2. The number of nitrogens with zero attached hydrogens (tertiary/aromatic N) is 2. The average molecular weight is 357 g/mol. The van der Waals surface area contributed by atoms with Crippen molar-refractivity contribution in [2.24, 2.45) is 0 Å². The van der Waals surface area contributed by atoms with E-state index in [1.165, 1.54) is 6.20 Å².